The minimum atomic E-state index is -0.548. The van der Waals surface area contributed by atoms with Crippen molar-refractivity contribution in [3.8, 4) is 5.75 Å². The second-order valence-corrected chi connectivity index (χ2v) is 4.91. The first-order valence-corrected chi connectivity index (χ1v) is 6.93. The molecular weight excluding hydrogens is 277 g/mol. The number of hydrogen-bond acceptors (Lipinski definition) is 4. The van der Waals surface area contributed by atoms with Crippen molar-refractivity contribution in [3.63, 3.8) is 0 Å². The van der Waals surface area contributed by atoms with Crippen molar-refractivity contribution < 1.29 is 18.7 Å². The van der Waals surface area contributed by atoms with E-state index in [-0.39, 0.29) is 30.1 Å². The number of nitrogens with zero attached hydrogens (tertiary/aromatic N) is 2. The van der Waals surface area contributed by atoms with Gasteiger partial charge < -0.3 is 19.7 Å². The van der Waals surface area contributed by atoms with Crippen LogP contribution in [0.1, 0.15) is 19.0 Å². The zero-order valence-electron chi connectivity index (χ0n) is 12.3. The van der Waals surface area contributed by atoms with Gasteiger partial charge in [0.15, 0.2) is 11.6 Å². The molecule has 1 aromatic heterocycles. The topological polar surface area (TPSA) is 63.7 Å². The summed E-state index contributed by atoms with van der Waals surface area (Å²) in [6.45, 7) is 3.75. The first-order chi connectivity index (χ1) is 10.1. The van der Waals surface area contributed by atoms with E-state index in [4.69, 9.17) is 9.47 Å². The number of rotatable bonds is 3. The molecule has 0 saturated carbocycles. The molecule has 0 spiro atoms. The van der Waals surface area contributed by atoms with Crippen molar-refractivity contribution in [2.24, 2.45) is 0 Å². The van der Waals surface area contributed by atoms with Gasteiger partial charge in [0.05, 0.1) is 25.5 Å². The van der Waals surface area contributed by atoms with Gasteiger partial charge in [-0.05, 0) is 13.3 Å². The number of aromatic nitrogens is 1. The third-order valence-corrected chi connectivity index (χ3v) is 3.29. The van der Waals surface area contributed by atoms with Crippen LogP contribution in [0.25, 0.3) is 0 Å². The van der Waals surface area contributed by atoms with Crippen LogP contribution < -0.4 is 10.1 Å². The van der Waals surface area contributed by atoms with Gasteiger partial charge in [-0.3, -0.25) is 4.98 Å². The molecule has 7 heteroatoms. The highest BCUT2D eigenvalue weighted by atomic mass is 19.1. The lowest BCUT2D eigenvalue weighted by Crippen LogP contribution is -2.42. The lowest BCUT2D eigenvalue weighted by molar-refractivity contribution is 0.0710. The van der Waals surface area contributed by atoms with Gasteiger partial charge in [0.2, 0.25) is 0 Å². The summed E-state index contributed by atoms with van der Waals surface area (Å²) in [5.41, 5.74) is 0.154. The van der Waals surface area contributed by atoms with E-state index in [1.807, 2.05) is 6.92 Å². The minimum Gasteiger partial charge on any atom is -0.494 e. The maximum atomic E-state index is 13.9. The van der Waals surface area contributed by atoms with Crippen molar-refractivity contribution in [1.82, 2.24) is 15.2 Å². The summed E-state index contributed by atoms with van der Waals surface area (Å²) in [5, 5.41) is 2.68. The second kappa shape index (κ2) is 7.21. The summed E-state index contributed by atoms with van der Waals surface area (Å²) >= 11 is 0. The number of carbonyl (C=O) groups is 1. The van der Waals surface area contributed by atoms with E-state index in [0.717, 1.165) is 6.42 Å². The highest BCUT2D eigenvalue weighted by Gasteiger charge is 2.20. The first kappa shape index (κ1) is 15.5. The van der Waals surface area contributed by atoms with Gasteiger partial charge in [-0.2, -0.15) is 0 Å². The third-order valence-electron chi connectivity index (χ3n) is 3.29. The number of urea groups is 1. The van der Waals surface area contributed by atoms with Gasteiger partial charge >= 0.3 is 6.03 Å². The summed E-state index contributed by atoms with van der Waals surface area (Å²) in [6, 6.07) is 1.20. The number of nitrogens with one attached hydrogen (secondary N) is 1. The molecule has 6 nitrogen and oxygen atoms in total. The summed E-state index contributed by atoms with van der Waals surface area (Å²) < 4.78 is 24.3. The van der Waals surface area contributed by atoms with E-state index >= 15 is 0 Å². The average Bonchev–Trinajstić information content (AvgIpc) is 2.70. The highest BCUT2D eigenvalue weighted by Crippen LogP contribution is 2.17. The Morgan fingerprint density at radius 2 is 2.48 bits per heavy atom. The predicted octanol–water partition coefficient (Wildman–Crippen LogP) is 1.55. The molecule has 2 rings (SSSR count). The lowest BCUT2D eigenvalue weighted by Gasteiger charge is -2.22. The standard InChI is InChI=1S/C14H20FN3O3/c1-10-9-18(6-3-7-21-10)14(19)17-8-11-13(15)12(20-2)4-5-16-11/h4-5,10H,3,6-9H2,1-2H3,(H,17,19). The number of carbonyl (C=O) groups excluding carboxylic acids is 1. The van der Waals surface area contributed by atoms with E-state index in [1.165, 1.54) is 19.4 Å². The summed E-state index contributed by atoms with van der Waals surface area (Å²) in [4.78, 5) is 17.7. The van der Waals surface area contributed by atoms with Crippen molar-refractivity contribution in [2.45, 2.75) is 26.0 Å². The van der Waals surface area contributed by atoms with Crippen LogP contribution in [0.3, 0.4) is 0 Å². The molecular formula is C14H20FN3O3. The van der Waals surface area contributed by atoms with Gasteiger partial charge in [0.25, 0.3) is 0 Å². The molecule has 0 radical (unpaired) electrons. The van der Waals surface area contributed by atoms with Gasteiger partial charge in [0.1, 0.15) is 0 Å². The Morgan fingerprint density at radius 1 is 1.67 bits per heavy atom. The Kier molecular flexibility index (Phi) is 5.32. The Labute approximate surface area is 123 Å². The fraction of sp³-hybridized carbons (Fsp3) is 0.571. The fourth-order valence-electron chi connectivity index (χ4n) is 2.20. The van der Waals surface area contributed by atoms with Crippen LogP contribution in [0.4, 0.5) is 9.18 Å². The maximum Gasteiger partial charge on any atom is 0.317 e. The Hall–Kier alpha value is -1.89. The molecule has 0 bridgehead atoms. The Bertz CT molecular complexity index is 498. The van der Waals surface area contributed by atoms with Crippen LogP contribution in [0.15, 0.2) is 12.3 Å². The molecule has 1 fully saturated rings. The molecule has 2 heterocycles. The molecule has 116 valence electrons. The average molecular weight is 297 g/mol. The number of hydrogen-bond donors (Lipinski definition) is 1. The van der Waals surface area contributed by atoms with Crippen LogP contribution >= 0.6 is 0 Å². The van der Waals surface area contributed by atoms with E-state index in [1.54, 1.807) is 4.90 Å². The van der Waals surface area contributed by atoms with Crippen molar-refractivity contribution in [1.29, 1.82) is 0 Å². The van der Waals surface area contributed by atoms with Crippen LogP contribution in [0, 0.1) is 5.82 Å². The molecule has 1 aromatic rings. The minimum absolute atomic E-state index is 0.00457. The number of halogens is 1. The molecule has 1 atom stereocenters. The molecule has 1 saturated heterocycles. The molecule has 0 aromatic carbocycles. The molecule has 1 aliphatic rings. The highest BCUT2D eigenvalue weighted by molar-refractivity contribution is 5.74. The number of ether oxygens (including phenoxy) is 2. The SMILES string of the molecule is COc1ccnc(CNC(=O)N2CCCOC(C)C2)c1F. The monoisotopic (exact) mass is 297 g/mol. The predicted molar refractivity (Wildman–Crippen MR) is 74.6 cm³/mol. The molecule has 1 unspecified atom stereocenters. The Morgan fingerprint density at radius 3 is 3.24 bits per heavy atom. The van der Waals surface area contributed by atoms with Crippen molar-refractivity contribution >= 4 is 6.03 Å². The normalized spacial score (nSPS) is 19.0. The van der Waals surface area contributed by atoms with Crippen LogP contribution in [-0.4, -0.2) is 48.8 Å². The first-order valence-electron chi connectivity index (χ1n) is 6.93. The smallest absolute Gasteiger partial charge is 0.317 e. The number of methoxy groups -OCH3 is 1. The van der Waals surface area contributed by atoms with Gasteiger partial charge in [0, 0.05) is 32.0 Å². The summed E-state index contributed by atoms with van der Waals surface area (Å²) in [6.07, 6.45) is 2.25. The van der Waals surface area contributed by atoms with Crippen LogP contribution in [0.2, 0.25) is 0 Å². The quantitative estimate of drug-likeness (QED) is 0.919. The molecule has 1 N–H and O–H groups in total. The molecule has 0 aliphatic carbocycles. The van der Waals surface area contributed by atoms with Crippen molar-refractivity contribution in [3.05, 3.63) is 23.8 Å². The van der Waals surface area contributed by atoms with Gasteiger partial charge in [-0.25, -0.2) is 9.18 Å². The zero-order valence-corrected chi connectivity index (χ0v) is 12.3. The van der Waals surface area contributed by atoms with E-state index in [2.05, 4.69) is 10.3 Å². The van der Waals surface area contributed by atoms with E-state index < -0.39 is 5.82 Å². The summed E-state index contributed by atoms with van der Waals surface area (Å²) in [5.74, 6) is -0.432. The van der Waals surface area contributed by atoms with E-state index in [9.17, 15) is 9.18 Å². The van der Waals surface area contributed by atoms with Gasteiger partial charge in [-0.1, -0.05) is 0 Å². The lowest BCUT2D eigenvalue weighted by atomic mass is 10.3. The largest absolute Gasteiger partial charge is 0.494 e. The zero-order chi connectivity index (χ0) is 15.2. The molecule has 2 amide bonds. The Balaban J connectivity index is 1.94. The van der Waals surface area contributed by atoms with Crippen LogP contribution in [-0.2, 0) is 11.3 Å². The van der Waals surface area contributed by atoms with Crippen LogP contribution in [0.5, 0.6) is 5.75 Å². The summed E-state index contributed by atoms with van der Waals surface area (Å²) in [7, 11) is 1.39. The van der Waals surface area contributed by atoms with Crippen molar-refractivity contribution in [2.75, 3.05) is 26.8 Å². The molecule has 1 aliphatic heterocycles. The van der Waals surface area contributed by atoms with Gasteiger partial charge in [-0.15, -0.1) is 0 Å². The number of amides is 2. The second-order valence-electron chi connectivity index (χ2n) is 4.91. The number of pyridine rings is 1. The fourth-order valence-corrected chi connectivity index (χ4v) is 2.20. The molecule has 21 heavy (non-hydrogen) atoms. The maximum absolute atomic E-state index is 13.9. The van der Waals surface area contributed by atoms with E-state index in [0.29, 0.717) is 19.7 Å². The third kappa shape index (κ3) is 4.04.